The van der Waals surface area contributed by atoms with Crippen molar-refractivity contribution >= 4 is 27.4 Å². The highest BCUT2D eigenvalue weighted by atomic mass is 32.1. The molecule has 4 heteroatoms. The summed E-state index contributed by atoms with van der Waals surface area (Å²) in [4.78, 5) is 13.5. The number of nitrogens with one attached hydrogen (secondary N) is 1. The second kappa shape index (κ2) is 4.28. The zero-order chi connectivity index (χ0) is 11.9. The zero-order valence-electron chi connectivity index (χ0n) is 10.5. The molecule has 1 fully saturated rings. The highest BCUT2D eigenvalue weighted by Gasteiger charge is 2.27. The maximum Gasteiger partial charge on any atom is 0.238 e. The van der Waals surface area contributed by atoms with E-state index < -0.39 is 0 Å². The number of rotatable bonds is 1. The van der Waals surface area contributed by atoms with Gasteiger partial charge in [-0.2, -0.15) is 4.98 Å². The first-order valence-electron chi connectivity index (χ1n) is 7.04. The van der Waals surface area contributed by atoms with Crippen molar-refractivity contribution in [3.63, 3.8) is 0 Å². The van der Waals surface area contributed by atoms with Gasteiger partial charge in [-0.1, -0.05) is 0 Å². The van der Waals surface area contributed by atoms with Crippen molar-refractivity contribution in [2.75, 3.05) is 13.1 Å². The fourth-order valence-corrected chi connectivity index (χ4v) is 4.64. The quantitative estimate of drug-likeness (QED) is 0.848. The Hall–Kier alpha value is -1.00. The highest BCUT2D eigenvalue weighted by Crippen LogP contribution is 2.38. The fraction of sp³-hybridized carbons (Fsp3) is 0.571. The van der Waals surface area contributed by atoms with E-state index in [4.69, 9.17) is 0 Å². The summed E-state index contributed by atoms with van der Waals surface area (Å²) < 4.78 is 0. The van der Waals surface area contributed by atoms with Gasteiger partial charge in [0.1, 0.15) is 11.2 Å². The molecule has 2 aliphatic rings. The molecule has 4 rings (SSSR count). The molecule has 0 aromatic carbocycles. The van der Waals surface area contributed by atoms with Crippen molar-refractivity contribution in [1.82, 2.24) is 9.97 Å². The summed E-state index contributed by atoms with van der Waals surface area (Å²) in [5.74, 6) is 1.29. The van der Waals surface area contributed by atoms with Crippen LogP contribution in [0.5, 0.6) is 0 Å². The number of quaternary nitrogens is 1. The molecular formula is C14H18N3S+. The smallest absolute Gasteiger partial charge is 0.238 e. The molecule has 1 aliphatic carbocycles. The van der Waals surface area contributed by atoms with Crippen molar-refractivity contribution in [2.45, 2.75) is 38.5 Å². The van der Waals surface area contributed by atoms with Crippen LogP contribution < -0.4 is 4.90 Å². The Morgan fingerprint density at radius 3 is 2.78 bits per heavy atom. The van der Waals surface area contributed by atoms with E-state index in [0.717, 1.165) is 0 Å². The predicted octanol–water partition coefficient (Wildman–Crippen LogP) is 1.88. The Labute approximate surface area is 111 Å². The maximum atomic E-state index is 4.64. The summed E-state index contributed by atoms with van der Waals surface area (Å²) in [7, 11) is 0. The van der Waals surface area contributed by atoms with E-state index in [0.29, 0.717) is 0 Å². The predicted molar refractivity (Wildman–Crippen MR) is 73.6 cm³/mol. The third-order valence-electron chi connectivity index (χ3n) is 4.29. The second-order valence-electron chi connectivity index (χ2n) is 5.42. The summed E-state index contributed by atoms with van der Waals surface area (Å²) in [6, 6.07) is 0. The molecule has 18 heavy (non-hydrogen) atoms. The number of hydrogen-bond acceptors (Lipinski definition) is 3. The van der Waals surface area contributed by atoms with Gasteiger partial charge in [0.05, 0.1) is 18.5 Å². The second-order valence-corrected chi connectivity index (χ2v) is 6.51. The van der Waals surface area contributed by atoms with Crippen LogP contribution in [0.2, 0.25) is 0 Å². The SMILES string of the molecule is c1nc([NH+]2CCCCC2)c2c3c(sc2n1)CCC3. The Kier molecular flexibility index (Phi) is 2.59. The van der Waals surface area contributed by atoms with Crippen molar-refractivity contribution in [3.8, 4) is 0 Å². The Morgan fingerprint density at radius 1 is 1.00 bits per heavy atom. The monoisotopic (exact) mass is 260 g/mol. The standard InChI is InChI=1S/C14H17N3S/c1-2-7-17(8-3-1)13-12-10-5-4-6-11(10)18-14(12)16-9-15-13/h9H,1-8H2/p+1. The average Bonchev–Trinajstić information content (AvgIpc) is 2.99. The highest BCUT2D eigenvalue weighted by molar-refractivity contribution is 7.19. The van der Waals surface area contributed by atoms with E-state index in [1.165, 1.54) is 67.6 Å². The lowest BCUT2D eigenvalue weighted by atomic mass is 10.1. The lowest BCUT2D eigenvalue weighted by Crippen LogP contribution is -3.08. The van der Waals surface area contributed by atoms with Gasteiger partial charge in [0.15, 0.2) is 0 Å². The lowest BCUT2D eigenvalue weighted by molar-refractivity contribution is -0.839. The number of thiophene rings is 1. The normalized spacial score (nSPS) is 20.4. The van der Waals surface area contributed by atoms with Crippen LogP contribution in [0.25, 0.3) is 10.2 Å². The van der Waals surface area contributed by atoms with E-state index in [2.05, 4.69) is 9.97 Å². The summed E-state index contributed by atoms with van der Waals surface area (Å²) in [6.45, 7) is 2.49. The third kappa shape index (κ3) is 1.59. The fourth-order valence-electron chi connectivity index (χ4n) is 3.41. The van der Waals surface area contributed by atoms with Gasteiger partial charge >= 0.3 is 0 Å². The topological polar surface area (TPSA) is 30.2 Å². The molecule has 94 valence electrons. The molecule has 0 saturated carbocycles. The van der Waals surface area contributed by atoms with Crippen LogP contribution in [0.4, 0.5) is 5.82 Å². The first-order chi connectivity index (χ1) is 8.93. The summed E-state index contributed by atoms with van der Waals surface area (Å²) in [6.07, 6.45) is 9.65. The third-order valence-corrected chi connectivity index (χ3v) is 5.49. The molecule has 0 atom stereocenters. The van der Waals surface area contributed by atoms with Crippen LogP contribution in [0.3, 0.4) is 0 Å². The molecule has 0 bridgehead atoms. The van der Waals surface area contributed by atoms with Gasteiger partial charge in [0.2, 0.25) is 5.82 Å². The van der Waals surface area contributed by atoms with E-state index in [1.807, 2.05) is 11.3 Å². The Morgan fingerprint density at radius 2 is 1.89 bits per heavy atom. The van der Waals surface area contributed by atoms with E-state index in [-0.39, 0.29) is 0 Å². The Balaban J connectivity index is 1.88. The van der Waals surface area contributed by atoms with Crippen LogP contribution in [-0.4, -0.2) is 23.1 Å². The zero-order valence-corrected chi connectivity index (χ0v) is 11.4. The molecule has 2 aromatic rings. The van der Waals surface area contributed by atoms with Gasteiger partial charge in [-0.25, -0.2) is 4.98 Å². The van der Waals surface area contributed by atoms with Crippen molar-refractivity contribution in [1.29, 1.82) is 0 Å². The number of nitrogens with zero attached hydrogens (tertiary/aromatic N) is 2. The van der Waals surface area contributed by atoms with Crippen LogP contribution >= 0.6 is 11.3 Å². The molecule has 0 radical (unpaired) electrons. The maximum absolute atomic E-state index is 4.64. The first kappa shape index (κ1) is 10.9. The largest absolute Gasteiger partial charge is 0.285 e. The number of aryl methyl sites for hydroxylation is 2. The number of piperidine rings is 1. The molecule has 3 heterocycles. The average molecular weight is 260 g/mol. The van der Waals surface area contributed by atoms with Crippen LogP contribution in [0.1, 0.15) is 36.1 Å². The molecule has 0 spiro atoms. The van der Waals surface area contributed by atoms with E-state index in [1.54, 1.807) is 21.7 Å². The van der Waals surface area contributed by atoms with Gasteiger partial charge in [-0.3, -0.25) is 4.90 Å². The summed E-state index contributed by atoms with van der Waals surface area (Å²) >= 11 is 1.90. The van der Waals surface area contributed by atoms with Crippen LogP contribution in [0.15, 0.2) is 6.33 Å². The van der Waals surface area contributed by atoms with Gasteiger partial charge in [0, 0.05) is 4.88 Å². The molecule has 1 aliphatic heterocycles. The van der Waals surface area contributed by atoms with Crippen LogP contribution in [0, 0.1) is 0 Å². The van der Waals surface area contributed by atoms with E-state index in [9.17, 15) is 0 Å². The first-order valence-corrected chi connectivity index (χ1v) is 7.85. The molecule has 0 amide bonds. The molecule has 1 N–H and O–H groups in total. The van der Waals surface area contributed by atoms with Crippen molar-refractivity contribution in [3.05, 3.63) is 16.8 Å². The van der Waals surface area contributed by atoms with Crippen LogP contribution in [-0.2, 0) is 12.8 Å². The lowest BCUT2D eigenvalue weighted by Gasteiger charge is -2.22. The summed E-state index contributed by atoms with van der Waals surface area (Å²) in [5, 5.41) is 1.41. The molecule has 0 unspecified atom stereocenters. The molecule has 2 aromatic heterocycles. The number of fused-ring (bicyclic) bond motifs is 3. The van der Waals surface area contributed by atoms with Gasteiger partial charge < -0.3 is 0 Å². The van der Waals surface area contributed by atoms with Gasteiger partial charge in [-0.05, 0) is 44.1 Å². The molecule has 3 nitrogen and oxygen atoms in total. The minimum Gasteiger partial charge on any atom is -0.285 e. The van der Waals surface area contributed by atoms with Crippen molar-refractivity contribution in [2.24, 2.45) is 0 Å². The minimum absolute atomic E-state index is 1.22. The minimum atomic E-state index is 1.22. The van der Waals surface area contributed by atoms with Crippen molar-refractivity contribution < 1.29 is 4.90 Å². The number of aromatic nitrogens is 2. The van der Waals surface area contributed by atoms with E-state index >= 15 is 0 Å². The summed E-state index contributed by atoms with van der Waals surface area (Å²) in [5.41, 5.74) is 1.57. The van der Waals surface area contributed by atoms with Gasteiger partial charge in [-0.15, -0.1) is 11.3 Å². The molecule has 1 saturated heterocycles. The Bertz CT molecular complexity index is 584. The van der Waals surface area contributed by atoms with Gasteiger partial charge in [0.25, 0.3) is 0 Å². The number of hydrogen-bond donors (Lipinski definition) is 1. The molecular weight excluding hydrogens is 242 g/mol.